The SMILES string of the molecule is CC/C=C\C/C=C\C/C=C\C/C=C\C/C=C\CCCCOCC(COC1OC(CO)C(O)C(OS(=O)(=O)O)C1O)OC(=O)CCCCCCC/C=C\C/C=C\CCCC. The van der Waals surface area contributed by atoms with Gasteiger partial charge in [-0.25, -0.2) is 4.18 Å². The van der Waals surface area contributed by atoms with Crippen LogP contribution in [0.5, 0.6) is 0 Å². The lowest BCUT2D eigenvalue weighted by molar-refractivity contribution is -0.301. The van der Waals surface area contributed by atoms with Crippen molar-refractivity contribution in [1.29, 1.82) is 0 Å². The van der Waals surface area contributed by atoms with Crippen molar-refractivity contribution in [1.82, 2.24) is 0 Å². The highest BCUT2D eigenvalue weighted by Gasteiger charge is 2.48. The molecule has 338 valence electrons. The number of unbranched alkanes of at least 4 members (excludes halogenated alkanes) is 9. The van der Waals surface area contributed by atoms with E-state index in [2.05, 4.69) is 103 Å². The number of carbonyl (C=O) groups excluding carboxylic acids is 1. The van der Waals surface area contributed by atoms with Crippen molar-refractivity contribution in [2.45, 2.75) is 173 Å². The number of hydrogen-bond acceptors (Lipinski definition) is 11. The first-order valence-corrected chi connectivity index (χ1v) is 23.2. The quantitative estimate of drug-likeness (QED) is 0.0204. The van der Waals surface area contributed by atoms with Crippen molar-refractivity contribution in [3.05, 3.63) is 85.1 Å². The Morgan fingerprint density at radius 3 is 1.71 bits per heavy atom. The van der Waals surface area contributed by atoms with Crippen LogP contribution in [0.2, 0.25) is 0 Å². The van der Waals surface area contributed by atoms with Crippen molar-refractivity contribution in [2.75, 3.05) is 26.4 Å². The molecule has 0 radical (unpaired) electrons. The van der Waals surface area contributed by atoms with Crippen molar-refractivity contribution < 1.29 is 56.2 Å². The molecule has 12 nitrogen and oxygen atoms in total. The van der Waals surface area contributed by atoms with Gasteiger partial charge in [0.05, 0.1) is 19.8 Å². The summed E-state index contributed by atoms with van der Waals surface area (Å²) in [5.74, 6) is -0.433. The molecule has 1 heterocycles. The average Bonchev–Trinajstić information content (AvgIpc) is 3.20. The normalized spacial score (nSPS) is 21.2. The predicted molar refractivity (Wildman–Crippen MR) is 234 cm³/mol. The number of esters is 1. The second-order valence-corrected chi connectivity index (χ2v) is 15.6. The van der Waals surface area contributed by atoms with Gasteiger partial charge in [0.25, 0.3) is 0 Å². The van der Waals surface area contributed by atoms with Crippen LogP contribution in [0.15, 0.2) is 85.1 Å². The molecule has 0 saturated carbocycles. The van der Waals surface area contributed by atoms with Gasteiger partial charge < -0.3 is 34.3 Å². The summed E-state index contributed by atoms with van der Waals surface area (Å²) in [7, 11) is -5.07. The predicted octanol–water partition coefficient (Wildman–Crippen LogP) is 8.90. The Labute approximate surface area is 355 Å². The first-order valence-electron chi connectivity index (χ1n) is 21.8. The summed E-state index contributed by atoms with van der Waals surface area (Å²) in [5.41, 5.74) is 0. The summed E-state index contributed by atoms with van der Waals surface area (Å²) >= 11 is 0. The fourth-order valence-electron chi connectivity index (χ4n) is 5.95. The third-order valence-electron chi connectivity index (χ3n) is 9.25. The monoisotopic (exact) mass is 853 g/mol. The summed E-state index contributed by atoms with van der Waals surface area (Å²) in [6, 6.07) is 0. The third-order valence-corrected chi connectivity index (χ3v) is 9.72. The maximum absolute atomic E-state index is 12.8. The minimum atomic E-state index is -5.07. The molecule has 0 aromatic rings. The van der Waals surface area contributed by atoms with Crippen LogP contribution in [-0.4, -0.2) is 97.5 Å². The fraction of sp³-hybridized carbons (Fsp3) is 0.674. The van der Waals surface area contributed by atoms with Crippen LogP contribution in [0.4, 0.5) is 0 Å². The lowest BCUT2D eigenvalue weighted by Gasteiger charge is -2.41. The van der Waals surface area contributed by atoms with Gasteiger partial charge in [0, 0.05) is 13.0 Å². The molecule has 0 aliphatic carbocycles. The van der Waals surface area contributed by atoms with Gasteiger partial charge >= 0.3 is 16.4 Å². The summed E-state index contributed by atoms with van der Waals surface area (Å²) in [6.07, 6.45) is 39.1. The highest BCUT2D eigenvalue weighted by Crippen LogP contribution is 2.26. The molecule has 0 aromatic heterocycles. The van der Waals surface area contributed by atoms with E-state index in [0.717, 1.165) is 96.3 Å². The fourth-order valence-corrected chi connectivity index (χ4v) is 6.46. The van der Waals surface area contributed by atoms with Crippen LogP contribution in [0.3, 0.4) is 0 Å². The Morgan fingerprint density at radius 1 is 0.661 bits per heavy atom. The number of allylic oxidation sites excluding steroid dienone is 14. The summed E-state index contributed by atoms with van der Waals surface area (Å²) in [5, 5.41) is 30.6. The number of rotatable bonds is 36. The van der Waals surface area contributed by atoms with Crippen molar-refractivity contribution in [3.8, 4) is 0 Å². The van der Waals surface area contributed by atoms with E-state index in [1.807, 2.05) is 0 Å². The van der Waals surface area contributed by atoms with E-state index in [4.69, 9.17) is 23.5 Å². The molecule has 4 N–H and O–H groups in total. The Hall–Kier alpha value is -2.72. The van der Waals surface area contributed by atoms with Gasteiger partial charge in [-0.1, -0.05) is 131 Å². The molecule has 59 heavy (non-hydrogen) atoms. The van der Waals surface area contributed by atoms with Crippen molar-refractivity contribution in [2.24, 2.45) is 0 Å². The van der Waals surface area contributed by atoms with Crippen molar-refractivity contribution >= 4 is 16.4 Å². The second-order valence-electron chi connectivity index (χ2n) is 14.5. The van der Waals surface area contributed by atoms with Crippen LogP contribution in [-0.2, 0) is 38.3 Å². The van der Waals surface area contributed by atoms with E-state index >= 15 is 0 Å². The van der Waals surface area contributed by atoms with Crippen LogP contribution in [0.1, 0.15) is 136 Å². The second kappa shape index (κ2) is 37.1. The van der Waals surface area contributed by atoms with E-state index in [1.54, 1.807) is 0 Å². The van der Waals surface area contributed by atoms with E-state index in [1.165, 1.54) is 12.8 Å². The standard InChI is InChI=1S/C46H76O12S/c1-3-5-7-9-11-13-15-17-19-20-21-22-24-26-28-30-32-34-36-54-38-40(39-55-46-44(50)45(58-59(51,52)53)43(49)41(37-47)57-46)56-42(48)35-33-31-29-27-25-23-18-16-14-12-10-8-6-4-2/h5,7,10-13,16-19,21-22,26,28,40-41,43-47,49-50H,3-4,6,8-9,14-15,20,23-25,27,29-39H2,1-2H3,(H,51,52,53)/b7-5-,12-10-,13-11-,18-16-,19-17-,22-21-,28-26-. The van der Waals surface area contributed by atoms with Crippen LogP contribution < -0.4 is 0 Å². The van der Waals surface area contributed by atoms with Crippen LogP contribution >= 0.6 is 0 Å². The van der Waals surface area contributed by atoms with Gasteiger partial charge in [0.15, 0.2) is 6.29 Å². The number of ether oxygens (including phenoxy) is 4. The molecule has 6 unspecified atom stereocenters. The minimum absolute atomic E-state index is 0.00469. The van der Waals surface area contributed by atoms with Crippen LogP contribution in [0, 0.1) is 0 Å². The van der Waals surface area contributed by atoms with Gasteiger partial charge in [0.1, 0.15) is 30.5 Å². The van der Waals surface area contributed by atoms with E-state index in [0.29, 0.717) is 13.0 Å². The van der Waals surface area contributed by atoms with Gasteiger partial charge in [-0.05, 0) is 83.5 Å². The number of carbonyl (C=O) groups is 1. The number of aliphatic hydroxyl groups excluding tert-OH is 3. The van der Waals surface area contributed by atoms with Gasteiger partial charge in [0.2, 0.25) is 0 Å². The van der Waals surface area contributed by atoms with Crippen molar-refractivity contribution in [3.63, 3.8) is 0 Å². The molecule has 1 rings (SSSR count). The minimum Gasteiger partial charge on any atom is -0.457 e. The maximum Gasteiger partial charge on any atom is 0.397 e. The smallest absolute Gasteiger partial charge is 0.397 e. The van der Waals surface area contributed by atoms with Gasteiger partial charge in [-0.3, -0.25) is 9.35 Å². The first kappa shape index (κ1) is 54.3. The highest BCUT2D eigenvalue weighted by molar-refractivity contribution is 7.80. The molecular weight excluding hydrogens is 777 g/mol. The largest absolute Gasteiger partial charge is 0.457 e. The Bertz CT molecular complexity index is 1350. The topological polar surface area (TPSA) is 178 Å². The first-order chi connectivity index (χ1) is 28.6. The Morgan fingerprint density at radius 2 is 1.17 bits per heavy atom. The van der Waals surface area contributed by atoms with E-state index < -0.39 is 59.8 Å². The zero-order chi connectivity index (χ0) is 43.2. The zero-order valence-electron chi connectivity index (χ0n) is 35.8. The molecule has 0 amide bonds. The zero-order valence-corrected chi connectivity index (χ0v) is 36.6. The Balaban J connectivity index is 2.50. The molecule has 1 aliphatic rings. The molecule has 0 spiro atoms. The molecular formula is C46H76O12S. The summed E-state index contributed by atoms with van der Waals surface area (Å²) in [6.45, 7) is 3.67. The summed E-state index contributed by atoms with van der Waals surface area (Å²) in [4.78, 5) is 12.8. The van der Waals surface area contributed by atoms with Crippen LogP contribution in [0.25, 0.3) is 0 Å². The van der Waals surface area contributed by atoms with Gasteiger partial charge in [-0.15, -0.1) is 0 Å². The molecule has 1 aliphatic heterocycles. The molecule has 1 fully saturated rings. The van der Waals surface area contributed by atoms with E-state index in [-0.39, 0.29) is 19.6 Å². The van der Waals surface area contributed by atoms with E-state index in [9.17, 15) is 28.5 Å². The summed E-state index contributed by atoms with van der Waals surface area (Å²) < 4.78 is 58.9. The average molecular weight is 853 g/mol. The lowest BCUT2D eigenvalue weighted by Crippen LogP contribution is -2.60. The number of aliphatic hydroxyl groups is 3. The molecule has 0 bridgehead atoms. The third kappa shape index (κ3) is 30.9. The number of hydrogen-bond donors (Lipinski definition) is 4. The Kier molecular flexibility index (Phi) is 34.1. The molecule has 0 aromatic carbocycles. The lowest BCUT2D eigenvalue weighted by atomic mass is 9.99. The molecule has 1 saturated heterocycles. The maximum atomic E-state index is 12.8. The molecule has 13 heteroatoms. The highest BCUT2D eigenvalue weighted by atomic mass is 32.3. The van der Waals surface area contributed by atoms with Gasteiger partial charge in [-0.2, -0.15) is 8.42 Å². The molecule has 6 atom stereocenters.